The van der Waals surface area contributed by atoms with Crippen LogP contribution in [0.3, 0.4) is 0 Å². The van der Waals surface area contributed by atoms with Crippen LogP contribution in [-0.2, 0) is 15.6 Å². The van der Waals surface area contributed by atoms with Gasteiger partial charge in [-0.15, -0.1) is 0 Å². The van der Waals surface area contributed by atoms with Crippen LogP contribution in [0.25, 0.3) is 0 Å². The van der Waals surface area contributed by atoms with E-state index in [0.717, 1.165) is 13.0 Å². The van der Waals surface area contributed by atoms with Gasteiger partial charge in [0.2, 0.25) is 5.91 Å². The lowest BCUT2D eigenvalue weighted by molar-refractivity contribution is -0.122. The van der Waals surface area contributed by atoms with Crippen LogP contribution in [0.5, 0.6) is 0 Å². The maximum atomic E-state index is 11.7. The predicted molar refractivity (Wildman–Crippen MR) is 73.5 cm³/mol. The Bertz CT molecular complexity index is 257. The van der Waals surface area contributed by atoms with Crippen molar-refractivity contribution < 1.29 is 9.00 Å². The van der Waals surface area contributed by atoms with Gasteiger partial charge in [-0.1, -0.05) is 13.8 Å². The number of rotatable bonds is 8. The van der Waals surface area contributed by atoms with E-state index in [1.807, 2.05) is 13.8 Å². The fourth-order valence-electron chi connectivity index (χ4n) is 1.19. The van der Waals surface area contributed by atoms with Crippen molar-refractivity contribution >= 4 is 16.7 Å². The number of hydrogen-bond acceptors (Lipinski definition) is 3. The van der Waals surface area contributed by atoms with E-state index in [2.05, 4.69) is 24.5 Å². The predicted octanol–water partition coefficient (Wildman–Crippen LogP) is 0.894. The topological polar surface area (TPSA) is 58.2 Å². The zero-order chi connectivity index (χ0) is 13.4. The summed E-state index contributed by atoms with van der Waals surface area (Å²) in [5.41, 5.74) is 0. The molecule has 3 atom stereocenters. The van der Waals surface area contributed by atoms with Crippen molar-refractivity contribution in [1.29, 1.82) is 0 Å². The van der Waals surface area contributed by atoms with Crippen molar-refractivity contribution in [3.8, 4) is 0 Å². The van der Waals surface area contributed by atoms with Crippen LogP contribution < -0.4 is 10.6 Å². The molecule has 0 aliphatic heterocycles. The van der Waals surface area contributed by atoms with Crippen LogP contribution in [0.2, 0.25) is 0 Å². The van der Waals surface area contributed by atoms with Gasteiger partial charge in [0, 0.05) is 35.4 Å². The Kier molecular flexibility index (Phi) is 8.43. The molecule has 0 fully saturated rings. The van der Waals surface area contributed by atoms with Gasteiger partial charge in [0.25, 0.3) is 0 Å². The highest BCUT2D eigenvalue weighted by Gasteiger charge is 2.14. The second-order valence-electron chi connectivity index (χ2n) is 4.91. The molecule has 102 valence electrons. The molecule has 2 N–H and O–H groups in total. The summed E-state index contributed by atoms with van der Waals surface area (Å²) < 4.78 is 11.1. The smallest absolute Gasteiger partial charge is 0.236 e. The minimum Gasteiger partial charge on any atom is -0.355 e. The van der Waals surface area contributed by atoms with Crippen LogP contribution in [0.4, 0.5) is 0 Å². The number of nitrogens with one attached hydrogen (secondary N) is 2. The van der Waals surface area contributed by atoms with Gasteiger partial charge in [-0.2, -0.15) is 0 Å². The molecular formula is C12H26N2O2S. The summed E-state index contributed by atoms with van der Waals surface area (Å²) in [5.74, 6) is 0.612. The molecular weight excluding hydrogens is 236 g/mol. The molecule has 0 radical (unpaired) electrons. The summed E-state index contributed by atoms with van der Waals surface area (Å²) in [6, 6.07) is -0.229. The molecule has 0 aromatic rings. The number of hydrogen-bond donors (Lipinski definition) is 2. The van der Waals surface area contributed by atoms with E-state index in [-0.39, 0.29) is 17.2 Å². The van der Waals surface area contributed by atoms with Gasteiger partial charge in [-0.3, -0.25) is 9.00 Å². The highest BCUT2D eigenvalue weighted by atomic mass is 32.2. The van der Waals surface area contributed by atoms with Gasteiger partial charge in [-0.05, 0) is 26.2 Å². The third-order valence-corrected chi connectivity index (χ3v) is 3.99. The minimum atomic E-state index is -0.846. The molecule has 3 unspecified atom stereocenters. The van der Waals surface area contributed by atoms with Crippen LogP contribution in [0.1, 0.15) is 34.1 Å². The molecule has 4 nitrogen and oxygen atoms in total. The first-order chi connectivity index (χ1) is 7.84. The second kappa shape index (κ2) is 8.64. The van der Waals surface area contributed by atoms with E-state index in [1.54, 1.807) is 6.26 Å². The summed E-state index contributed by atoms with van der Waals surface area (Å²) in [5, 5.41) is 6.06. The molecule has 5 heteroatoms. The molecule has 0 heterocycles. The van der Waals surface area contributed by atoms with Crippen molar-refractivity contribution in [2.45, 2.75) is 45.4 Å². The highest BCUT2D eigenvalue weighted by molar-refractivity contribution is 7.84. The van der Waals surface area contributed by atoms with Crippen LogP contribution in [0, 0.1) is 5.92 Å². The Hall–Kier alpha value is -0.420. The molecule has 0 aromatic heterocycles. The number of amides is 1. The maximum absolute atomic E-state index is 11.7. The van der Waals surface area contributed by atoms with Gasteiger partial charge in [0.1, 0.15) is 0 Å². The molecule has 0 aromatic carbocycles. The SMILES string of the molecule is CC(C)CCNC(=O)C(C)NCC(C)S(C)=O. The summed E-state index contributed by atoms with van der Waals surface area (Å²) in [7, 11) is -0.846. The lowest BCUT2D eigenvalue weighted by atomic mass is 10.1. The van der Waals surface area contributed by atoms with E-state index in [9.17, 15) is 9.00 Å². The molecule has 0 rings (SSSR count). The van der Waals surface area contributed by atoms with Crippen molar-refractivity contribution in [2.75, 3.05) is 19.3 Å². The van der Waals surface area contributed by atoms with Crippen LogP contribution in [-0.4, -0.2) is 40.8 Å². The van der Waals surface area contributed by atoms with Crippen molar-refractivity contribution in [1.82, 2.24) is 10.6 Å². The Morgan fingerprint density at radius 1 is 1.24 bits per heavy atom. The normalized spacial score (nSPS) is 16.6. The van der Waals surface area contributed by atoms with Crippen LogP contribution in [0.15, 0.2) is 0 Å². The summed E-state index contributed by atoms with van der Waals surface area (Å²) in [6.45, 7) is 9.32. The molecule has 0 spiro atoms. The molecule has 0 saturated heterocycles. The first-order valence-electron chi connectivity index (χ1n) is 6.18. The van der Waals surface area contributed by atoms with E-state index in [0.29, 0.717) is 12.5 Å². The third-order valence-electron chi connectivity index (χ3n) is 2.69. The summed E-state index contributed by atoms with van der Waals surface area (Å²) in [6.07, 6.45) is 2.67. The molecule has 0 aliphatic rings. The van der Waals surface area contributed by atoms with E-state index in [4.69, 9.17) is 0 Å². The highest BCUT2D eigenvalue weighted by Crippen LogP contribution is 1.97. The van der Waals surface area contributed by atoms with E-state index in [1.165, 1.54) is 0 Å². The van der Waals surface area contributed by atoms with E-state index < -0.39 is 10.8 Å². The quantitative estimate of drug-likeness (QED) is 0.683. The van der Waals surface area contributed by atoms with Crippen molar-refractivity contribution in [2.24, 2.45) is 5.92 Å². The zero-order valence-electron chi connectivity index (χ0n) is 11.6. The Morgan fingerprint density at radius 3 is 2.29 bits per heavy atom. The molecule has 17 heavy (non-hydrogen) atoms. The third kappa shape index (κ3) is 8.32. The van der Waals surface area contributed by atoms with Crippen molar-refractivity contribution in [3.05, 3.63) is 0 Å². The Balaban J connectivity index is 3.78. The Labute approximate surface area is 107 Å². The fraction of sp³-hybridized carbons (Fsp3) is 0.917. The maximum Gasteiger partial charge on any atom is 0.236 e. The number of carbonyl (C=O) groups is 1. The van der Waals surface area contributed by atoms with Crippen molar-refractivity contribution in [3.63, 3.8) is 0 Å². The van der Waals surface area contributed by atoms with Gasteiger partial charge in [-0.25, -0.2) is 0 Å². The lowest BCUT2D eigenvalue weighted by Gasteiger charge is -2.16. The Morgan fingerprint density at radius 2 is 1.82 bits per heavy atom. The zero-order valence-corrected chi connectivity index (χ0v) is 12.4. The summed E-state index contributed by atoms with van der Waals surface area (Å²) in [4.78, 5) is 11.7. The molecule has 0 bridgehead atoms. The lowest BCUT2D eigenvalue weighted by Crippen LogP contribution is -2.45. The first kappa shape index (κ1) is 16.6. The fourth-order valence-corrected chi connectivity index (χ4v) is 1.52. The largest absolute Gasteiger partial charge is 0.355 e. The molecule has 0 aliphatic carbocycles. The van der Waals surface area contributed by atoms with Gasteiger partial charge in [0.05, 0.1) is 6.04 Å². The average Bonchev–Trinajstić information content (AvgIpc) is 2.24. The average molecular weight is 262 g/mol. The monoisotopic (exact) mass is 262 g/mol. The van der Waals surface area contributed by atoms with Crippen LogP contribution >= 0.6 is 0 Å². The van der Waals surface area contributed by atoms with Gasteiger partial charge >= 0.3 is 0 Å². The second-order valence-corrected chi connectivity index (χ2v) is 6.71. The standard InChI is InChI=1S/C12H26N2O2S/c1-9(2)6-7-13-12(15)11(4)14-8-10(3)17(5)16/h9-11,14H,6-8H2,1-5H3,(H,13,15). The van der Waals surface area contributed by atoms with Gasteiger partial charge < -0.3 is 10.6 Å². The first-order valence-corrected chi connectivity index (χ1v) is 7.80. The number of carbonyl (C=O) groups excluding carboxylic acids is 1. The van der Waals surface area contributed by atoms with Gasteiger partial charge in [0.15, 0.2) is 0 Å². The summed E-state index contributed by atoms with van der Waals surface area (Å²) >= 11 is 0. The minimum absolute atomic E-state index is 0.0136. The van der Waals surface area contributed by atoms with E-state index >= 15 is 0 Å². The molecule has 1 amide bonds. The molecule has 0 saturated carbocycles.